The number of nitrogens with one attached hydrogen (secondary N) is 5. The molecule has 1 aliphatic rings. The van der Waals surface area contributed by atoms with Crippen molar-refractivity contribution in [2.45, 2.75) is 32.4 Å². The summed E-state index contributed by atoms with van der Waals surface area (Å²) in [5, 5.41) is 18.4. The lowest BCUT2D eigenvalue weighted by atomic mass is 10.0. The van der Waals surface area contributed by atoms with E-state index in [2.05, 4.69) is 62.1 Å². The van der Waals surface area contributed by atoms with Crippen LogP contribution in [0.3, 0.4) is 0 Å². The highest BCUT2D eigenvalue weighted by molar-refractivity contribution is 6.35. The van der Waals surface area contributed by atoms with Crippen LogP contribution in [0.25, 0.3) is 10.9 Å². The predicted octanol–water partition coefficient (Wildman–Crippen LogP) is 5.63. The molecule has 2 aromatic carbocycles. The lowest BCUT2D eigenvalue weighted by Gasteiger charge is -2.24. The van der Waals surface area contributed by atoms with Crippen LogP contribution in [0.4, 0.5) is 11.4 Å². The van der Waals surface area contributed by atoms with Gasteiger partial charge < -0.3 is 21.5 Å². The lowest BCUT2D eigenvalue weighted by molar-refractivity contribution is 0.582. The van der Waals surface area contributed by atoms with Gasteiger partial charge in [0.15, 0.2) is 0 Å². The quantitative estimate of drug-likeness (QED) is 0.207. The van der Waals surface area contributed by atoms with Crippen molar-refractivity contribution in [1.29, 1.82) is 5.26 Å². The van der Waals surface area contributed by atoms with Gasteiger partial charge in [-0.1, -0.05) is 54.9 Å². The Kier molecular flexibility index (Phi) is 7.08. The monoisotopic (exact) mass is 510 g/mol. The van der Waals surface area contributed by atoms with Gasteiger partial charge in [-0.2, -0.15) is 10.8 Å². The minimum Gasteiger partial charge on any atom is -0.377 e. The molecule has 37 heavy (non-hydrogen) atoms. The van der Waals surface area contributed by atoms with Gasteiger partial charge in [0.05, 0.1) is 39.6 Å². The zero-order chi connectivity index (χ0) is 25.8. The van der Waals surface area contributed by atoms with Gasteiger partial charge in [0.25, 0.3) is 0 Å². The van der Waals surface area contributed by atoms with Crippen LogP contribution in [0.2, 0.25) is 5.02 Å². The van der Waals surface area contributed by atoms with Crippen molar-refractivity contribution in [1.82, 2.24) is 26.4 Å². The molecule has 0 aliphatic carbocycles. The van der Waals surface area contributed by atoms with Crippen LogP contribution in [-0.2, 0) is 0 Å². The van der Waals surface area contributed by atoms with E-state index in [0.717, 1.165) is 40.0 Å². The van der Waals surface area contributed by atoms with E-state index in [-0.39, 0.29) is 12.1 Å². The summed E-state index contributed by atoms with van der Waals surface area (Å²) in [4.78, 5) is 8.98. The van der Waals surface area contributed by atoms with Crippen LogP contribution < -0.4 is 27.0 Å². The van der Waals surface area contributed by atoms with Gasteiger partial charge in [-0.3, -0.25) is 9.97 Å². The molecular formula is C28H27ClN8. The van der Waals surface area contributed by atoms with E-state index >= 15 is 0 Å². The second-order valence-electron chi connectivity index (χ2n) is 8.78. The van der Waals surface area contributed by atoms with Crippen LogP contribution in [0.15, 0.2) is 78.9 Å². The smallest absolute Gasteiger partial charge is 0.103 e. The number of anilines is 2. The first-order chi connectivity index (χ1) is 18.1. The average Bonchev–Trinajstić information content (AvgIpc) is 3.46. The van der Waals surface area contributed by atoms with Crippen molar-refractivity contribution in [2.75, 3.05) is 10.6 Å². The molecule has 186 valence electrons. The number of nitrogens with zero attached hydrogens (tertiary/aromatic N) is 3. The maximum Gasteiger partial charge on any atom is 0.103 e. The number of aryl methyl sites for hydroxylation is 1. The van der Waals surface area contributed by atoms with Gasteiger partial charge in [0, 0.05) is 40.9 Å². The SMILES string of the molecule is CC[C@@H](Nc1c(C#N)cnc2c(Cl)cc(NC(C3=CNNN3)c3cccnc3C)cc12)c1ccccc1. The van der Waals surface area contributed by atoms with E-state index in [1.165, 1.54) is 0 Å². The topological polar surface area (TPSA) is 110 Å². The third kappa shape index (κ3) is 5.00. The van der Waals surface area contributed by atoms with E-state index in [9.17, 15) is 5.26 Å². The summed E-state index contributed by atoms with van der Waals surface area (Å²) in [5.41, 5.74) is 15.6. The van der Waals surface area contributed by atoms with Crippen LogP contribution in [0.1, 0.15) is 47.8 Å². The number of pyridine rings is 2. The molecule has 2 atom stereocenters. The maximum atomic E-state index is 9.93. The van der Waals surface area contributed by atoms with E-state index in [0.29, 0.717) is 21.8 Å². The lowest BCUT2D eigenvalue weighted by Crippen LogP contribution is -2.34. The Bertz CT molecular complexity index is 1500. The first kappa shape index (κ1) is 24.4. The van der Waals surface area contributed by atoms with Gasteiger partial charge in [0.1, 0.15) is 6.07 Å². The van der Waals surface area contributed by atoms with Crippen molar-refractivity contribution < 1.29 is 0 Å². The molecule has 2 aromatic heterocycles. The molecule has 1 aliphatic heterocycles. The molecule has 0 spiro atoms. The Labute approximate surface area is 220 Å². The summed E-state index contributed by atoms with van der Waals surface area (Å²) in [7, 11) is 0. The number of hydrogen-bond donors (Lipinski definition) is 5. The maximum absolute atomic E-state index is 9.93. The van der Waals surface area contributed by atoms with Crippen molar-refractivity contribution in [3.63, 3.8) is 0 Å². The van der Waals surface area contributed by atoms with E-state index < -0.39 is 0 Å². The largest absolute Gasteiger partial charge is 0.377 e. The minimum atomic E-state index is -0.235. The molecular weight excluding hydrogens is 484 g/mol. The molecule has 0 fully saturated rings. The molecule has 0 radical (unpaired) electrons. The molecule has 1 unspecified atom stereocenters. The average molecular weight is 511 g/mol. The fraction of sp³-hybridized carbons (Fsp3) is 0.179. The van der Waals surface area contributed by atoms with Crippen LogP contribution in [-0.4, -0.2) is 9.97 Å². The van der Waals surface area contributed by atoms with Gasteiger partial charge in [0.2, 0.25) is 0 Å². The third-order valence-corrected chi connectivity index (χ3v) is 6.75. The van der Waals surface area contributed by atoms with E-state index in [4.69, 9.17) is 11.6 Å². The zero-order valence-electron chi connectivity index (χ0n) is 20.5. The Balaban J connectivity index is 1.59. The third-order valence-electron chi connectivity index (χ3n) is 6.46. The minimum absolute atomic E-state index is 0.0186. The molecule has 4 aromatic rings. The fourth-order valence-corrected chi connectivity index (χ4v) is 4.84. The highest BCUT2D eigenvalue weighted by atomic mass is 35.5. The fourth-order valence-electron chi connectivity index (χ4n) is 4.57. The van der Waals surface area contributed by atoms with Gasteiger partial charge in [-0.05, 0) is 37.1 Å². The molecule has 0 saturated carbocycles. The van der Waals surface area contributed by atoms with Crippen molar-refractivity contribution in [3.8, 4) is 6.07 Å². The van der Waals surface area contributed by atoms with Crippen LogP contribution in [0.5, 0.6) is 0 Å². The molecule has 0 saturated heterocycles. The molecule has 9 heteroatoms. The Morgan fingerprint density at radius 3 is 2.62 bits per heavy atom. The van der Waals surface area contributed by atoms with Gasteiger partial charge in [-0.25, -0.2) is 0 Å². The normalized spacial score (nSPS) is 14.2. The van der Waals surface area contributed by atoms with Crippen molar-refractivity contribution in [3.05, 3.63) is 106 Å². The van der Waals surface area contributed by atoms with E-state index in [1.807, 2.05) is 55.6 Å². The highest BCUT2D eigenvalue weighted by Gasteiger charge is 2.23. The molecule has 0 bridgehead atoms. The predicted molar refractivity (Wildman–Crippen MR) is 147 cm³/mol. The number of benzene rings is 2. The molecule has 8 nitrogen and oxygen atoms in total. The summed E-state index contributed by atoms with van der Waals surface area (Å²) >= 11 is 6.76. The number of aromatic nitrogens is 2. The summed E-state index contributed by atoms with van der Waals surface area (Å²) < 4.78 is 0. The summed E-state index contributed by atoms with van der Waals surface area (Å²) in [5.74, 6) is 0. The summed E-state index contributed by atoms with van der Waals surface area (Å²) in [6.07, 6.45) is 6.06. The first-order valence-electron chi connectivity index (χ1n) is 12.1. The number of hydrogen-bond acceptors (Lipinski definition) is 8. The van der Waals surface area contributed by atoms with Crippen LogP contribution in [0, 0.1) is 18.3 Å². The summed E-state index contributed by atoms with van der Waals surface area (Å²) in [6, 6.07) is 20.1. The highest BCUT2D eigenvalue weighted by Crippen LogP contribution is 2.37. The molecule has 3 heterocycles. The molecule has 0 amide bonds. The standard InChI is InChI=1S/C28H27ClN8/c1-3-24(18-8-5-4-6-9-18)35-26-19(14-30)15-32-27-22(26)12-20(13-23(27)29)34-28(25-16-33-37-36-25)21-10-7-11-31-17(21)2/h4-13,15-16,24,28,33-34,36-37H,3H2,1-2H3,(H,32,35)/t24-,28?/m1/s1. The Morgan fingerprint density at radius 1 is 1.08 bits per heavy atom. The van der Waals surface area contributed by atoms with Crippen molar-refractivity contribution in [2.24, 2.45) is 0 Å². The second-order valence-corrected chi connectivity index (χ2v) is 9.19. The van der Waals surface area contributed by atoms with Crippen LogP contribution >= 0.6 is 11.6 Å². The first-order valence-corrected chi connectivity index (χ1v) is 12.4. The Morgan fingerprint density at radius 2 is 1.92 bits per heavy atom. The number of nitriles is 1. The molecule has 5 rings (SSSR count). The van der Waals surface area contributed by atoms with Gasteiger partial charge in [-0.15, -0.1) is 0 Å². The molecule has 5 N–H and O–H groups in total. The van der Waals surface area contributed by atoms with E-state index in [1.54, 1.807) is 12.4 Å². The number of halogens is 1. The number of rotatable bonds is 8. The Hall–Kier alpha value is -4.32. The number of fused-ring (bicyclic) bond motifs is 1. The van der Waals surface area contributed by atoms with Crippen molar-refractivity contribution >= 4 is 33.9 Å². The van der Waals surface area contributed by atoms with Gasteiger partial charge >= 0.3 is 0 Å². The zero-order valence-corrected chi connectivity index (χ0v) is 21.3. The number of hydrazine groups is 2. The second kappa shape index (κ2) is 10.7. The summed E-state index contributed by atoms with van der Waals surface area (Å²) in [6.45, 7) is 4.10.